The van der Waals surface area contributed by atoms with Gasteiger partial charge in [-0.2, -0.15) is 0 Å². The van der Waals surface area contributed by atoms with E-state index >= 15 is 0 Å². The Balaban J connectivity index is 1.40. The number of rotatable bonds is 5. The smallest absolute Gasteiger partial charge is 0.257 e. The van der Waals surface area contributed by atoms with E-state index in [1.54, 1.807) is 17.0 Å². The first-order valence-corrected chi connectivity index (χ1v) is 13.4. The Morgan fingerprint density at radius 2 is 1.68 bits per heavy atom. The molecule has 1 atom stereocenters. The van der Waals surface area contributed by atoms with Crippen LogP contribution in [0.5, 0.6) is 0 Å². The fraction of sp³-hybridized carbons (Fsp3) is 0.467. The molecule has 37 heavy (non-hydrogen) atoms. The van der Waals surface area contributed by atoms with Crippen LogP contribution in [-0.4, -0.2) is 39.7 Å². The van der Waals surface area contributed by atoms with Crippen molar-refractivity contribution in [1.82, 2.24) is 9.88 Å². The molecule has 5 rings (SSSR count). The van der Waals surface area contributed by atoms with Gasteiger partial charge >= 0.3 is 0 Å². The van der Waals surface area contributed by atoms with Crippen LogP contribution in [0.4, 0.5) is 5.69 Å². The molecule has 1 aliphatic carbocycles. The number of para-hydroxylation sites is 2. The molecule has 0 bridgehead atoms. The average molecular weight is 502 g/mol. The summed E-state index contributed by atoms with van der Waals surface area (Å²) >= 11 is 0. The van der Waals surface area contributed by atoms with E-state index in [1.165, 1.54) is 4.90 Å². The van der Waals surface area contributed by atoms with E-state index in [-0.39, 0.29) is 35.6 Å². The molecule has 1 saturated heterocycles. The second kappa shape index (κ2) is 10.1. The van der Waals surface area contributed by atoms with E-state index in [2.05, 4.69) is 4.98 Å². The summed E-state index contributed by atoms with van der Waals surface area (Å²) in [5.41, 5.74) is 2.53. The number of oxazole rings is 1. The number of carbonyl (C=O) groups excluding carboxylic acids is 3. The molecule has 3 aromatic rings. The molecule has 194 valence electrons. The van der Waals surface area contributed by atoms with E-state index in [4.69, 9.17) is 4.42 Å². The fourth-order valence-electron chi connectivity index (χ4n) is 5.57. The Bertz CT molecular complexity index is 1260. The van der Waals surface area contributed by atoms with Crippen LogP contribution in [-0.2, 0) is 14.4 Å². The number of anilines is 1. The van der Waals surface area contributed by atoms with E-state index < -0.39 is 6.04 Å². The molecular formula is C30H35N3O4. The molecule has 2 heterocycles. The lowest BCUT2D eigenvalue weighted by atomic mass is 9.90. The van der Waals surface area contributed by atoms with Crippen molar-refractivity contribution in [2.24, 2.45) is 5.41 Å². The predicted octanol–water partition coefficient (Wildman–Crippen LogP) is 6.11. The first-order chi connectivity index (χ1) is 17.7. The van der Waals surface area contributed by atoms with Gasteiger partial charge < -0.3 is 9.32 Å². The maximum Gasteiger partial charge on any atom is 0.257 e. The van der Waals surface area contributed by atoms with Gasteiger partial charge in [0.15, 0.2) is 5.58 Å². The summed E-state index contributed by atoms with van der Waals surface area (Å²) < 4.78 is 5.85. The minimum absolute atomic E-state index is 0.000542. The third kappa shape index (κ3) is 5.31. The lowest BCUT2D eigenvalue weighted by Crippen LogP contribution is -2.51. The number of benzene rings is 2. The van der Waals surface area contributed by atoms with Crippen LogP contribution in [0.1, 0.15) is 72.1 Å². The van der Waals surface area contributed by atoms with Crippen LogP contribution in [0.15, 0.2) is 52.9 Å². The maximum absolute atomic E-state index is 13.7. The molecule has 1 aliphatic heterocycles. The quantitative estimate of drug-likeness (QED) is 0.311. The molecular weight excluding hydrogens is 466 g/mol. The second-order valence-electron chi connectivity index (χ2n) is 11.5. The minimum atomic E-state index is -0.748. The highest BCUT2D eigenvalue weighted by Crippen LogP contribution is 2.34. The molecule has 7 nitrogen and oxygen atoms in total. The lowest BCUT2D eigenvalue weighted by Gasteiger charge is -2.36. The fourth-order valence-corrected chi connectivity index (χ4v) is 5.57. The summed E-state index contributed by atoms with van der Waals surface area (Å²) in [6.07, 6.45) is 6.51. The van der Waals surface area contributed by atoms with Crippen LogP contribution < -0.4 is 4.90 Å². The molecule has 1 aromatic heterocycles. The van der Waals surface area contributed by atoms with E-state index in [9.17, 15) is 14.4 Å². The van der Waals surface area contributed by atoms with E-state index in [0.717, 1.165) is 49.6 Å². The first-order valence-electron chi connectivity index (χ1n) is 13.4. The van der Waals surface area contributed by atoms with Crippen molar-refractivity contribution < 1.29 is 18.8 Å². The lowest BCUT2D eigenvalue weighted by molar-refractivity contribution is -0.143. The summed E-state index contributed by atoms with van der Waals surface area (Å²) in [7, 11) is 0. The minimum Gasteiger partial charge on any atom is -0.436 e. The van der Waals surface area contributed by atoms with Crippen molar-refractivity contribution in [3.05, 3.63) is 48.5 Å². The van der Waals surface area contributed by atoms with E-state index in [0.29, 0.717) is 23.6 Å². The van der Waals surface area contributed by atoms with Crippen molar-refractivity contribution in [2.45, 2.75) is 84.2 Å². The molecule has 1 saturated carbocycles. The van der Waals surface area contributed by atoms with Gasteiger partial charge in [0.25, 0.3) is 5.91 Å². The number of nitrogens with zero attached hydrogens (tertiary/aromatic N) is 3. The number of aromatic nitrogens is 1. The highest BCUT2D eigenvalue weighted by molar-refractivity contribution is 6.23. The first kappa shape index (κ1) is 25.2. The van der Waals surface area contributed by atoms with Gasteiger partial charge in [-0.25, -0.2) is 9.88 Å². The summed E-state index contributed by atoms with van der Waals surface area (Å²) in [6, 6.07) is 13.9. The number of fused-ring (bicyclic) bond motifs is 1. The zero-order chi connectivity index (χ0) is 26.2. The van der Waals surface area contributed by atoms with E-state index in [1.807, 2.05) is 57.2 Å². The van der Waals surface area contributed by atoms with Crippen LogP contribution in [0.3, 0.4) is 0 Å². The topological polar surface area (TPSA) is 83.7 Å². The number of hydrogen-bond donors (Lipinski definition) is 0. The highest BCUT2D eigenvalue weighted by Gasteiger charge is 2.46. The summed E-state index contributed by atoms with van der Waals surface area (Å²) in [5.74, 6) is -0.131. The molecule has 2 fully saturated rings. The summed E-state index contributed by atoms with van der Waals surface area (Å²) in [4.78, 5) is 48.0. The molecule has 3 amide bonds. The van der Waals surface area contributed by atoms with Gasteiger partial charge in [0, 0.05) is 18.0 Å². The molecule has 0 N–H and O–H groups in total. The van der Waals surface area contributed by atoms with Crippen LogP contribution in [0.25, 0.3) is 22.6 Å². The van der Waals surface area contributed by atoms with Gasteiger partial charge in [-0.05, 0) is 54.7 Å². The predicted molar refractivity (Wildman–Crippen MR) is 143 cm³/mol. The Hall–Kier alpha value is -3.48. The third-order valence-corrected chi connectivity index (χ3v) is 7.31. The van der Waals surface area contributed by atoms with Crippen molar-refractivity contribution >= 4 is 34.5 Å². The molecule has 0 spiro atoms. The maximum atomic E-state index is 13.7. The molecule has 0 radical (unpaired) electrons. The average Bonchev–Trinajstić information content (AvgIpc) is 3.28. The largest absolute Gasteiger partial charge is 0.436 e. The van der Waals surface area contributed by atoms with Crippen LogP contribution in [0.2, 0.25) is 0 Å². The van der Waals surface area contributed by atoms with Gasteiger partial charge in [-0.1, -0.05) is 58.6 Å². The van der Waals surface area contributed by atoms with Crippen molar-refractivity contribution in [3.63, 3.8) is 0 Å². The Morgan fingerprint density at radius 3 is 2.32 bits per heavy atom. The molecule has 1 unspecified atom stereocenters. The third-order valence-electron chi connectivity index (χ3n) is 7.31. The van der Waals surface area contributed by atoms with Gasteiger partial charge in [0.05, 0.1) is 12.1 Å². The van der Waals surface area contributed by atoms with Crippen LogP contribution >= 0.6 is 0 Å². The van der Waals surface area contributed by atoms with Gasteiger partial charge in [0.2, 0.25) is 17.7 Å². The number of amides is 3. The van der Waals surface area contributed by atoms with Gasteiger partial charge in [-0.15, -0.1) is 0 Å². The van der Waals surface area contributed by atoms with Crippen LogP contribution in [0, 0.1) is 5.41 Å². The summed E-state index contributed by atoms with van der Waals surface area (Å²) in [5, 5.41) is 0. The molecule has 7 heteroatoms. The zero-order valence-electron chi connectivity index (χ0n) is 21.9. The normalized spacial score (nSPS) is 19.4. The SMILES string of the molecule is CC(C)(C)CC(=O)N(C1CCCCCC1)C1CC(=O)N(c2ccc(-c3nc4ccccc4o3)cc2)C1=O. The second-order valence-corrected chi connectivity index (χ2v) is 11.5. The zero-order valence-corrected chi connectivity index (χ0v) is 21.9. The Labute approximate surface area is 217 Å². The van der Waals surface area contributed by atoms with Crippen molar-refractivity contribution in [2.75, 3.05) is 4.90 Å². The summed E-state index contributed by atoms with van der Waals surface area (Å²) in [6.45, 7) is 6.09. The van der Waals surface area contributed by atoms with Crippen molar-refractivity contribution in [3.8, 4) is 11.5 Å². The monoisotopic (exact) mass is 501 g/mol. The molecule has 2 aromatic carbocycles. The molecule has 2 aliphatic rings. The Morgan fingerprint density at radius 1 is 1.00 bits per heavy atom. The Kier molecular flexibility index (Phi) is 6.88. The number of carbonyl (C=O) groups is 3. The number of imide groups is 1. The van der Waals surface area contributed by atoms with Gasteiger partial charge in [-0.3, -0.25) is 14.4 Å². The van der Waals surface area contributed by atoms with Crippen molar-refractivity contribution in [1.29, 1.82) is 0 Å². The highest BCUT2D eigenvalue weighted by atomic mass is 16.3. The number of hydrogen-bond acceptors (Lipinski definition) is 5. The standard InChI is InChI=1S/C30H35N3O4/c1-30(2,3)19-27(35)32(21-10-6-4-5-7-11-21)24-18-26(34)33(29(24)36)22-16-14-20(15-17-22)28-31-23-12-8-9-13-25(23)37-28/h8-9,12-17,21,24H,4-7,10-11,18-19H2,1-3H3. The van der Waals surface area contributed by atoms with Gasteiger partial charge in [0.1, 0.15) is 11.6 Å².